The molecule has 0 saturated heterocycles. The van der Waals surface area contributed by atoms with Crippen LogP contribution in [-0.2, 0) is 9.53 Å². The minimum atomic E-state index is -4.38. The molecule has 0 aliphatic heterocycles. The van der Waals surface area contributed by atoms with Crippen LogP contribution in [0.1, 0.15) is 6.42 Å². The molecule has 1 atom stereocenters. The van der Waals surface area contributed by atoms with Crippen molar-refractivity contribution in [3.05, 3.63) is 12.7 Å². The number of hydrogen-bond acceptors (Lipinski definition) is 2. The lowest BCUT2D eigenvalue weighted by atomic mass is 10.2. The zero-order chi connectivity index (χ0) is 12.1. The highest BCUT2D eigenvalue weighted by Crippen LogP contribution is 2.26. The van der Waals surface area contributed by atoms with E-state index >= 15 is 0 Å². The van der Waals surface area contributed by atoms with Crippen molar-refractivity contribution in [1.29, 1.82) is 0 Å². The molecule has 15 heavy (non-hydrogen) atoms. The predicted molar refractivity (Wildman–Crippen MR) is 41.6 cm³/mol. The Bertz CT molecular complexity index is 229. The molecular formula is C8H9F5O2. The summed E-state index contributed by atoms with van der Waals surface area (Å²) in [7, 11) is 0. The van der Waals surface area contributed by atoms with E-state index < -0.39 is 31.1 Å². The van der Waals surface area contributed by atoms with Crippen LogP contribution in [0.2, 0.25) is 0 Å². The van der Waals surface area contributed by atoms with E-state index in [4.69, 9.17) is 0 Å². The SMILES string of the molecule is C=CCC(=O)OCC(F)(F)C(F)C(F)F. The Balaban J connectivity index is 4.14. The third-order valence-electron chi connectivity index (χ3n) is 1.36. The maximum atomic E-state index is 12.5. The lowest BCUT2D eigenvalue weighted by molar-refractivity contribution is -0.176. The van der Waals surface area contributed by atoms with Crippen molar-refractivity contribution < 1.29 is 31.5 Å². The number of alkyl halides is 5. The first-order valence-corrected chi connectivity index (χ1v) is 3.88. The summed E-state index contributed by atoms with van der Waals surface area (Å²) < 4.78 is 64.3. The highest BCUT2D eigenvalue weighted by atomic mass is 19.3. The van der Waals surface area contributed by atoms with Crippen LogP contribution in [0.25, 0.3) is 0 Å². The van der Waals surface area contributed by atoms with E-state index in [0.29, 0.717) is 0 Å². The van der Waals surface area contributed by atoms with Crippen LogP contribution in [-0.4, -0.2) is 31.1 Å². The van der Waals surface area contributed by atoms with E-state index in [1.165, 1.54) is 0 Å². The Hall–Kier alpha value is -1.14. The van der Waals surface area contributed by atoms with Gasteiger partial charge in [0, 0.05) is 0 Å². The van der Waals surface area contributed by atoms with Crippen molar-refractivity contribution in [3.8, 4) is 0 Å². The van der Waals surface area contributed by atoms with Crippen molar-refractivity contribution in [2.45, 2.75) is 24.9 Å². The zero-order valence-electron chi connectivity index (χ0n) is 7.56. The highest BCUT2D eigenvalue weighted by Gasteiger charge is 2.47. The van der Waals surface area contributed by atoms with Crippen LogP contribution in [0.5, 0.6) is 0 Å². The van der Waals surface area contributed by atoms with Gasteiger partial charge in [-0.05, 0) is 0 Å². The zero-order valence-corrected chi connectivity index (χ0v) is 7.56. The predicted octanol–water partition coefficient (Wildman–Crippen LogP) is 2.34. The van der Waals surface area contributed by atoms with Gasteiger partial charge in [-0.15, -0.1) is 6.58 Å². The highest BCUT2D eigenvalue weighted by molar-refractivity contribution is 5.70. The number of ether oxygens (including phenoxy) is 1. The van der Waals surface area contributed by atoms with Crippen LogP contribution in [0.15, 0.2) is 12.7 Å². The molecular weight excluding hydrogens is 223 g/mol. The second-order valence-electron chi connectivity index (χ2n) is 2.65. The molecule has 0 rings (SSSR count). The van der Waals surface area contributed by atoms with Gasteiger partial charge in [-0.2, -0.15) is 8.78 Å². The molecule has 0 heterocycles. The van der Waals surface area contributed by atoms with Gasteiger partial charge >= 0.3 is 11.9 Å². The third-order valence-corrected chi connectivity index (χ3v) is 1.36. The minimum Gasteiger partial charge on any atom is -0.459 e. The Kier molecular flexibility index (Phi) is 5.24. The first-order valence-electron chi connectivity index (χ1n) is 3.88. The average molecular weight is 232 g/mol. The van der Waals surface area contributed by atoms with E-state index in [1.807, 2.05) is 0 Å². The summed E-state index contributed by atoms with van der Waals surface area (Å²) in [4.78, 5) is 10.5. The molecule has 88 valence electrons. The Morgan fingerprint density at radius 3 is 2.33 bits per heavy atom. The van der Waals surface area contributed by atoms with Crippen molar-refractivity contribution in [2.24, 2.45) is 0 Å². The molecule has 0 aliphatic carbocycles. The van der Waals surface area contributed by atoms with Crippen molar-refractivity contribution >= 4 is 5.97 Å². The Labute approximate surface area is 82.7 Å². The molecule has 7 heteroatoms. The molecule has 2 nitrogen and oxygen atoms in total. The monoisotopic (exact) mass is 232 g/mol. The maximum absolute atomic E-state index is 12.5. The average Bonchev–Trinajstić information content (AvgIpc) is 2.14. The van der Waals surface area contributed by atoms with Crippen LogP contribution in [0, 0.1) is 0 Å². The fourth-order valence-corrected chi connectivity index (χ4v) is 0.617. The molecule has 0 bridgehead atoms. The van der Waals surface area contributed by atoms with Crippen molar-refractivity contribution in [1.82, 2.24) is 0 Å². The quantitative estimate of drug-likeness (QED) is 0.399. The number of esters is 1. The molecule has 0 aromatic heterocycles. The Morgan fingerprint density at radius 1 is 1.40 bits per heavy atom. The molecule has 0 aromatic carbocycles. The van der Waals surface area contributed by atoms with Gasteiger partial charge in [-0.25, -0.2) is 13.2 Å². The molecule has 0 amide bonds. The molecule has 0 radical (unpaired) electrons. The number of rotatable bonds is 6. The van der Waals surface area contributed by atoms with E-state index in [1.54, 1.807) is 0 Å². The van der Waals surface area contributed by atoms with Gasteiger partial charge in [0.2, 0.25) is 6.17 Å². The lowest BCUT2D eigenvalue weighted by Crippen LogP contribution is -2.40. The first kappa shape index (κ1) is 13.9. The third kappa shape index (κ3) is 4.75. The Morgan fingerprint density at radius 2 is 1.93 bits per heavy atom. The van der Waals surface area contributed by atoms with Gasteiger partial charge in [0.25, 0.3) is 6.43 Å². The molecule has 0 aromatic rings. The molecule has 0 spiro atoms. The van der Waals surface area contributed by atoms with Gasteiger partial charge < -0.3 is 4.74 Å². The topological polar surface area (TPSA) is 26.3 Å². The van der Waals surface area contributed by atoms with Gasteiger partial charge in [0.15, 0.2) is 6.61 Å². The fourth-order valence-electron chi connectivity index (χ4n) is 0.617. The van der Waals surface area contributed by atoms with Crippen LogP contribution in [0.3, 0.4) is 0 Å². The van der Waals surface area contributed by atoms with Gasteiger partial charge in [-0.3, -0.25) is 4.79 Å². The van der Waals surface area contributed by atoms with Crippen molar-refractivity contribution in [2.75, 3.05) is 6.61 Å². The molecule has 0 N–H and O–H groups in total. The van der Waals surface area contributed by atoms with Gasteiger partial charge in [-0.1, -0.05) is 6.08 Å². The minimum absolute atomic E-state index is 0.346. The summed E-state index contributed by atoms with van der Waals surface area (Å²) >= 11 is 0. The smallest absolute Gasteiger partial charge is 0.317 e. The van der Waals surface area contributed by atoms with Crippen LogP contribution < -0.4 is 0 Å². The summed E-state index contributed by atoms with van der Waals surface area (Å²) in [6.45, 7) is 1.42. The summed E-state index contributed by atoms with van der Waals surface area (Å²) in [5.41, 5.74) is 0. The van der Waals surface area contributed by atoms with E-state index in [9.17, 15) is 26.7 Å². The number of carbonyl (C=O) groups is 1. The standard InChI is InChI=1S/C8H9F5O2/c1-2-3-5(14)15-4-8(12,13)6(9)7(10)11/h2,6-7H,1,3-4H2. The number of halogens is 5. The van der Waals surface area contributed by atoms with E-state index in [-0.39, 0.29) is 6.42 Å². The van der Waals surface area contributed by atoms with Gasteiger partial charge in [0.1, 0.15) is 0 Å². The molecule has 0 fully saturated rings. The maximum Gasteiger partial charge on any atom is 0.317 e. The number of hydrogen-bond donors (Lipinski definition) is 0. The lowest BCUT2D eigenvalue weighted by Gasteiger charge is -2.19. The first-order chi connectivity index (χ1) is 6.81. The second kappa shape index (κ2) is 5.67. The summed E-state index contributed by atoms with van der Waals surface area (Å²) in [5, 5.41) is 0. The summed E-state index contributed by atoms with van der Waals surface area (Å²) in [6, 6.07) is 0. The molecule has 1 unspecified atom stereocenters. The van der Waals surface area contributed by atoms with Crippen molar-refractivity contribution in [3.63, 3.8) is 0 Å². The fraction of sp³-hybridized carbons (Fsp3) is 0.625. The number of carbonyl (C=O) groups excluding carboxylic acids is 1. The van der Waals surface area contributed by atoms with E-state index in [2.05, 4.69) is 11.3 Å². The molecule has 0 saturated carbocycles. The summed E-state index contributed by atoms with van der Waals surface area (Å²) in [5.74, 6) is -5.46. The van der Waals surface area contributed by atoms with Crippen LogP contribution >= 0.6 is 0 Å². The summed E-state index contributed by atoms with van der Waals surface area (Å²) in [6.07, 6.45) is -6.73. The largest absolute Gasteiger partial charge is 0.459 e. The van der Waals surface area contributed by atoms with Crippen LogP contribution in [0.4, 0.5) is 22.0 Å². The van der Waals surface area contributed by atoms with Gasteiger partial charge in [0.05, 0.1) is 6.42 Å². The second-order valence-corrected chi connectivity index (χ2v) is 2.65. The molecule has 0 aliphatic rings. The van der Waals surface area contributed by atoms with E-state index in [0.717, 1.165) is 6.08 Å². The normalized spacial score (nSPS) is 13.7.